The molecule has 4 rings (SSSR count). The van der Waals surface area contributed by atoms with E-state index in [-0.39, 0.29) is 17.8 Å². The summed E-state index contributed by atoms with van der Waals surface area (Å²) in [7, 11) is 0. The third-order valence-corrected chi connectivity index (χ3v) is 6.67. The van der Waals surface area contributed by atoms with Gasteiger partial charge in [-0.15, -0.1) is 10.2 Å². The van der Waals surface area contributed by atoms with Crippen LogP contribution >= 0.6 is 34.7 Å². The van der Waals surface area contributed by atoms with E-state index in [9.17, 15) is 4.79 Å². The summed E-state index contributed by atoms with van der Waals surface area (Å²) in [5, 5.41) is 13.2. The van der Waals surface area contributed by atoms with E-state index in [2.05, 4.69) is 20.5 Å². The van der Waals surface area contributed by atoms with Crippen molar-refractivity contribution in [3.05, 3.63) is 59.4 Å². The number of anilines is 1. The molecule has 10 heteroatoms. The maximum atomic E-state index is 12.4. The highest BCUT2D eigenvalue weighted by molar-refractivity contribution is 7.99. The van der Waals surface area contributed by atoms with Crippen LogP contribution in [0.25, 0.3) is 10.2 Å². The molecule has 1 atom stereocenters. The van der Waals surface area contributed by atoms with E-state index < -0.39 is 0 Å². The fraction of sp³-hybridized carbons (Fsp3) is 0.238. The SMILES string of the molecule is CCn1c(SCC(=O)Nc2nc3ccccc3s2)nnc1C(C)Oc1ccccc1Cl. The van der Waals surface area contributed by atoms with Crippen LogP contribution in [0.5, 0.6) is 5.75 Å². The Morgan fingerprint density at radius 1 is 1.23 bits per heavy atom. The number of carbonyl (C=O) groups is 1. The van der Waals surface area contributed by atoms with Crippen LogP contribution < -0.4 is 10.1 Å². The third kappa shape index (κ3) is 5.00. The van der Waals surface area contributed by atoms with Gasteiger partial charge in [0.25, 0.3) is 0 Å². The number of halogens is 1. The quantitative estimate of drug-likeness (QED) is 0.343. The number of ether oxygens (including phenoxy) is 1. The molecule has 0 aliphatic heterocycles. The minimum Gasteiger partial charge on any atom is -0.481 e. The molecular weight excluding hydrogens is 454 g/mol. The number of hydrogen-bond donors (Lipinski definition) is 1. The molecule has 0 radical (unpaired) electrons. The second-order valence-corrected chi connectivity index (χ2v) is 8.98. The summed E-state index contributed by atoms with van der Waals surface area (Å²) in [6.07, 6.45) is -0.349. The van der Waals surface area contributed by atoms with Gasteiger partial charge in [-0.05, 0) is 38.1 Å². The number of fused-ring (bicyclic) bond motifs is 1. The first-order chi connectivity index (χ1) is 15.0. The molecular formula is C21H20ClN5O2S2. The highest BCUT2D eigenvalue weighted by atomic mass is 35.5. The Morgan fingerprint density at radius 3 is 2.77 bits per heavy atom. The fourth-order valence-corrected chi connectivity index (χ4v) is 4.87. The van der Waals surface area contributed by atoms with E-state index in [1.807, 2.05) is 60.9 Å². The van der Waals surface area contributed by atoms with Crippen molar-refractivity contribution in [3.63, 3.8) is 0 Å². The fourth-order valence-electron chi connectivity index (χ4n) is 3.00. The Bertz CT molecular complexity index is 1180. The van der Waals surface area contributed by atoms with Crippen molar-refractivity contribution >= 4 is 56.0 Å². The summed E-state index contributed by atoms with van der Waals surface area (Å²) in [6.45, 7) is 4.55. The van der Waals surface area contributed by atoms with E-state index in [1.165, 1.54) is 23.1 Å². The van der Waals surface area contributed by atoms with Gasteiger partial charge in [-0.3, -0.25) is 4.79 Å². The first-order valence-electron chi connectivity index (χ1n) is 9.67. The van der Waals surface area contributed by atoms with Crippen molar-refractivity contribution in [1.29, 1.82) is 0 Å². The first kappa shape index (κ1) is 21.6. The van der Waals surface area contributed by atoms with Crippen LogP contribution in [0.3, 0.4) is 0 Å². The number of benzene rings is 2. The Balaban J connectivity index is 1.40. The van der Waals surface area contributed by atoms with Crippen LogP contribution in [0.4, 0.5) is 5.13 Å². The molecule has 4 aromatic rings. The average Bonchev–Trinajstić information content (AvgIpc) is 3.36. The number of rotatable bonds is 8. The van der Waals surface area contributed by atoms with Gasteiger partial charge >= 0.3 is 0 Å². The summed E-state index contributed by atoms with van der Waals surface area (Å²) in [5.74, 6) is 1.33. The molecule has 0 saturated carbocycles. The lowest BCUT2D eigenvalue weighted by molar-refractivity contribution is -0.113. The molecule has 2 heterocycles. The average molecular weight is 474 g/mol. The van der Waals surface area contributed by atoms with E-state index in [1.54, 1.807) is 6.07 Å². The number of thiazole rings is 1. The molecule has 31 heavy (non-hydrogen) atoms. The lowest BCUT2D eigenvalue weighted by Gasteiger charge is -2.16. The largest absolute Gasteiger partial charge is 0.481 e. The number of thioether (sulfide) groups is 1. The molecule has 1 amide bonds. The molecule has 160 valence electrons. The number of nitrogens with zero attached hydrogens (tertiary/aromatic N) is 4. The van der Waals surface area contributed by atoms with E-state index in [0.717, 1.165) is 10.2 Å². The standard InChI is InChI=1S/C21H20ClN5O2S2/c1-3-27-19(13(2)29-16-10-6-4-8-14(16)22)25-26-21(27)30-12-18(28)24-20-23-15-9-5-7-11-17(15)31-20/h4-11,13H,3,12H2,1-2H3,(H,23,24,28). The number of aromatic nitrogens is 4. The Morgan fingerprint density at radius 2 is 2.00 bits per heavy atom. The Labute approximate surface area is 192 Å². The molecule has 2 aromatic carbocycles. The zero-order valence-corrected chi connectivity index (χ0v) is 19.3. The van der Waals surface area contributed by atoms with Gasteiger partial charge < -0.3 is 14.6 Å². The number of nitrogens with one attached hydrogen (secondary N) is 1. The van der Waals surface area contributed by atoms with Gasteiger partial charge in [0.15, 0.2) is 22.2 Å². The third-order valence-electron chi connectivity index (χ3n) is 4.44. The summed E-state index contributed by atoms with van der Waals surface area (Å²) >= 11 is 8.97. The van der Waals surface area contributed by atoms with Crippen molar-refractivity contribution in [1.82, 2.24) is 19.7 Å². The van der Waals surface area contributed by atoms with Crippen molar-refractivity contribution in [2.24, 2.45) is 0 Å². The number of hydrogen-bond acceptors (Lipinski definition) is 7. The molecule has 0 aliphatic carbocycles. The summed E-state index contributed by atoms with van der Waals surface area (Å²) in [6, 6.07) is 15.1. The molecule has 1 N–H and O–H groups in total. The smallest absolute Gasteiger partial charge is 0.236 e. The molecule has 2 aromatic heterocycles. The zero-order chi connectivity index (χ0) is 21.8. The molecule has 0 fully saturated rings. The minimum absolute atomic E-state index is 0.142. The van der Waals surface area contributed by atoms with Crippen LogP contribution in [0.2, 0.25) is 5.02 Å². The van der Waals surface area contributed by atoms with Gasteiger partial charge in [-0.2, -0.15) is 0 Å². The van der Waals surface area contributed by atoms with Gasteiger partial charge in [0.05, 0.1) is 21.0 Å². The lowest BCUT2D eigenvalue weighted by Crippen LogP contribution is -2.15. The van der Waals surface area contributed by atoms with Crippen LogP contribution in [-0.2, 0) is 11.3 Å². The Kier molecular flexibility index (Phi) is 6.74. The zero-order valence-electron chi connectivity index (χ0n) is 16.9. The van der Waals surface area contributed by atoms with Gasteiger partial charge in [-0.1, -0.05) is 59.0 Å². The Hall–Kier alpha value is -2.62. The monoisotopic (exact) mass is 473 g/mol. The van der Waals surface area contributed by atoms with Crippen LogP contribution in [0.1, 0.15) is 25.8 Å². The maximum absolute atomic E-state index is 12.4. The van der Waals surface area contributed by atoms with Gasteiger partial charge in [0.1, 0.15) is 5.75 Å². The van der Waals surface area contributed by atoms with Crippen molar-refractivity contribution < 1.29 is 9.53 Å². The van der Waals surface area contributed by atoms with E-state index in [4.69, 9.17) is 16.3 Å². The van der Waals surface area contributed by atoms with Gasteiger partial charge in [0.2, 0.25) is 5.91 Å². The van der Waals surface area contributed by atoms with Crippen molar-refractivity contribution in [3.8, 4) is 5.75 Å². The summed E-state index contributed by atoms with van der Waals surface area (Å²) in [4.78, 5) is 16.9. The normalized spacial score (nSPS) is 12.1. The number of para-hydroxylation sites is 2. The highest BCUT2D eigenvalue weighted by Crippen LogP contribution is 2.30. The van der Waals surface area contributed by atoms with Crippen LogP contribution in [0, 0.1) is 0 Å². The van der Waals surface area contributed by atoms with Crippen molar-refractivity contribution in [2.75, 3.05) is 11.1 Å². The lowest BCUT2D eigenvalue weighted by atomic mass is 10.3. The highest BCUT2D eigenvalue weighted by Gasteiger charge is 2.20. The maximum Gasteiger partial charge on any atom is 0.236 e. The minimum atomic E-state index is -0.349. The van der Waals surface area contributed by atoms with E-state index >= 15 is 0 Å². The molecule has 1 unspecified atom stereocenters. The first-order valence-corrected chi connectivity index (χ1v) is 11.9. The van der Waals surface area contributed by atoms with Gasteiger partial charge in [-0.25, -0.2) is 4.98 Å². The molecule has 0 saturated heterocycles. The molecule has 0 spiro atoms. The van der Waals surface area contributed by atoms with Crippen molar-refractivity contribution in [2.45, 2.75) is 31.7 Å². The molecule has 0 aliphatic rings. The molecule has 7 nitrogen and oxygen atoms in total. The van der Waals surface area contributed by atoms with Gasteiger partial charge in [0, 0.05) is 6.54 Å². The topological polar surface area (TPSA) is 81.9 Å². The predicted molar refractivity (Wildman–Crippen MR) is 125 cm³/mol. The predicted octanol–water partition coefficient (Wildman–Crippen LogP) is 5.43. The van der Waals surface area contributed by atoms with Crippen LogP contribution in [0.15, 0.2) is 53.7 Å². The second kappa shape index (κ2) is 9.67. The van der Waals surface area contributed by atoms with Crippen LogP contribution in [-0.4, -0.2) is 31.4 Å². The number of carbonyl (C=O) groups excluding carboxylic acids is 1. The molecule has 0 bridgehead atoms. The second-order valence-electron chi connectivity index (χ2n) is 6.60. The summed E-state index contributed by atoms with van der Waals surface area (Å²) in [5.41, 5.74) is 0.873. The van der Waals surface area contributed by atoms with E-state index in [0.29, 0.717) is 33.4 Å². The number of amides is 1. The summed E-state index contributed by atoms with van der Waals surface area (Å²) < 4.78 is 8.95.